The molecule has 0 aliphatic rings. The Morgan fingerprint density at radius 1 is 1.33 bits per heavy atom. The predicted octanol–water partition coefficient (Wildman–Crippen LogP) is 3.36. The molecule has 1 unspecified atom stereocenters. The minimum Gasteiger partial charge on any atom is -0.479 e. The van der Waals surface area contributed by atoms with Gasteiger partial charge in [-0.1, -0.05) is 32.4 Å². The van der Waals surface area contributed by atoms with Gasteiger partial charge < -0.3 is 9.47 Å². The van der Waals surface area contributed by atoms with Crippen LogP contribution in [0.3, 0.4) is 0 Å². The van der Waals surface area contributed by atoms with Crippen molar-refractivity contribution in [2.24, 2.45) is 0 Å². The van der Waals surface area contributed by atoms with E-state index < -0.39 is 6.10 Å². The van der Waals surface area contributed by atoms with Crippen molar-refractivity contribution in [1.29, 1.82) is 0 Å². The molecule has 0 aliphatic carbocycles. The maximum absolute atomic E-state index is 11.6. The molecule has 1 aromatic carbocycles. The molecule has 1 rings (SSSR count). The standard InChI is InChI=1S/C15H22O3/c1-4-6-10-14(15(16)17-3)18-13-9-7-8-12(5-2)11-13/h7-9,11,14H,4-6,10H2,1-3H3. The van der Waals surface area contributed by atoms with Gasteiger partial charge in [0, 0.05) is 0 Å². The van der Waals surface area contributed by atoms with Gasteiger partial charge in [-0.05, 0) is 37.0 Å². The molecular formula is C15H22O3. The summed E-state index contributed by atoms with van der Waals surface area (Å²) in [6, 6.07) is 7.84. The lowest BCUT2D eigenvalue weighted by Crippen LogP contribution is -2.28. The second kappa shape index (κ2) is 7.75. The molecule has 100 valence electrons. The SMILES string of the molecule is CCCCC(Oc1cccc(CC)c1)C(=O)OC. The molecule has 0 bridgehead atoms. The lowest BCUT2D eigenvalue weighted by Gasteiger charge is -2.17. The fourth-order valence-corrected chi connectivity index (χ4v) is 1.75. The van der Waals surface area contributed by atoms with Gasteiger partial charge in [0.05, 0.1) is 7.11 Å². The molecule has 0 spiro atoms. The molecule has 0 aliphatic heterocycles. The second-order valence-electron chi connectivity index (χ2n) is 4.27. The number of unbranched alkanes of at least 4 members (excludes halogenated alkanes) is 1. The Kier molecular flexibility index (Phi) is 6.26. The van der Waals surface area contributed by atoms with Crippen molar-refractivity contribution in [2.45, 2.75) is 45.6 Å². The third-order valence-electron chi connectivity index (χ3n) is 2.87. The van der Waals surface area contributed by atoms with Crippen molar-refractivity contribution < 1.29 is 14.3 Å². The second-order valence-corrected chi connectivity index (χ2v) is 4.27. The van der Waals surface area contributed by atoms with Crippen LogP contribution in [0.4, 0.5) is 0 Å². The fourth-order valence-electron chi connectivity index (χ4n) is 1.75. The summed E-state index contributed by atoms with van der Waals surface area (Å²) in [5.74, 6) is 0.436. The molecule has 18 heavy (non-hydrogen) atoms. The molecule has 0 fully saturated rings. The van der Waals surface area contributed by atoms with Crippen LogP contribution in [0.1, 0.15) is 38.7 Å². The predicted molar refractivity (Wildman–Crippen MR) is 71.8 cm³/mol. The average Bonchev–Trinajstić information content (AvgIpc) is 2.42. The smallest absolute Gasteiger partial charge is 0.347 e. The van der Waals surface area contributed by atoms with Crippen LogP contribution < -0.4 is 4.74 Å². The summed E-state index contributed by atoms with van der Waals surface area (Å²) in [7, 11) is 1.40. The number of rotatable bonds is 7. The minimum absolute atomic E-state index is 0.301. The molecule has 3 nitrogen and oxygen atoms in total. The van der Waals surface area contributed by atoms with E-state index >= 15 is 0 Å². The van der Waals surface area contributed by atoms with E-state index in [9.17, 15) is 4.79 Å². The van der Waals surface area contributed by atoms with Gasteiger partial charge in [0.15, 0.2) is 6.10 Å². The number of benzene rings is 1. The molecule has 1 aromatic rings. The van der Waals surface area contributed by atoms with Crippen molar-refractivity contribution in [3.05, 3.63) is 29.8 Å². The zero-order chi connectivity index (χ0) is 13.4. The molecule has 0 radical (unpaired) electrons. The van der Waals surface area contributed by atoms with Crippen LogP contribution in [0.25, 0.3) is 0 Å². The normalized spacial score (nSPS) is 11.9. The Labute approximate surface area is 109 Å². The third kappa shape index (κ3) is 4.40. The average molecular weight is 250 g/mol. The van der Waals surface area contributed by atoms with Crippen LogP contribution in [0, 0.1) is 0 Å². The minimum atomic E-state index is -0.498. The highest BCUT2D eigenvalue weighted by atomic mass is 16.6. The first-order valence-electron chi connectivity index (χ1n) is 6.54. The highest BCUT2D eigenvalue weighted by Crippen LogP contribution is 2.18. The highest BCUT2D eigenvalue weighted by Gasteiger charge is 2.20. The summed E-state index contributed by atoms with van der Waals surface area (Å²) in [6.45, 7) is 4.18. The molecule has 0 saturated carbocycles. The van der Waals surface area contributed by atoms with Gasteiger partial charge in [0.1, 0.15) is 5.75 Å². The van der Waals surface area contributed by atoms with E-state index in [1.165, 1.54) is 12.7 Å². The van der Waals surface area contributed by atoms with Crippen LogP contribution in [0.2, 0.25) is 0 Å². The molecule has 0 amide bonds. The number of ether oxygens (including phenoxy) is 2. The number of hydrogen-bond acceptors (Lipinski definition) is 3. The van der Waals surface area contributed by atoms with E-state index in [4.69, 9.17) is 9.47 Å². The van der Waals surface area contributed by atoms with Crippen molar-refractivity contribution in [2.75, 3.05) is 7.11 Å². The Hall–Kier alpha value is -1.51. The first kappa shape index (κ1) is 14.6. The number of aryl methyl sites for hydroxylation is 1. The maximum Gasteiger partial charge on any atom is 0.347 e. The number of methoxy groups -OCH3 is 1. The molecule has 1 atom stereocenters. The quantitative estimate of drug-likeness (QED) is 0.696. The van der Waals surface area contributed by atoms with E-state index in [1.54, 1.807) is 0 Å². The monoisotopic (exact) mass is 250 g/mol. The van der Waals surface area contributed by atoms with Gasteiger partial charge in [-0.25, -0.2) is 4.79 Å². The summed E-state index contributed by atoms with van der Waals surface area (Å²) in [5.41, 5.74) is 1.20. The molecule has 3 heteroatoms. The lowest BCUT2D eigenvalue weighted by molar-refractivity contribution is -0.149. The van der Waals surface area contributed by atoms with Gasteiger partial charge >= 0.3 is 5.97 Å². The van der Waals surface area contributed by atoms with E-state index in [0.29, 0.717) is 6.42 Å². The molecule has 0 aromatic heterocycles. The van der Waals surface area contributed by atoms with Gasteiger partial charge in [-0.15, -0.1) is 0 Å². The summed E-state index contributed by atoms with van der Waals surface area (Å²) >= 11 is 0. The van der Waals surface area contributed by atoms with Gasteiger partial charge in [-0.2, -0.15) is 0 Å². The van der Waals surface area contributed by atoms with Crippen molar-refractivity contribution in [3.63, 3.8) is 0 Å². The van der Waals surface area contributed by atoms with Crippen molar-refractivity contribution >= 4 is 5.97 Å². The van der Waals surface area contributed by atoms with Crippen LogP contribution in [0.5, 0.6) is 5.75 Å². The molecule has 0 heterocycles. The Balaban J connectivity index is 2.71. The Bertz CT molecular complexity index is 374. The molecule has 0 N–H and O–H groups in total. The van der Waals surface area contributed by atoms with Gasteiger partial charge in [0.25, 0.3) is 0 Å². The van der Waals surface area contributed by atoms with E-state index in [2.05, 4.69) is 13.8 Å². The van der Waals surface area contributed by atoms with Crippen LogP contribution in [-0.2, 0) is 16.0 Å². The first-order valence-corrected chi connectivity index (χ1v) is 6.54. The van der Waals surface area contributed by atoms with Crippen LogP contribution in [0.15, 0.2) is 24.3 Å². The van der Waals surface area contributed by atoms with Gasteiger partial charge in [0.2, 0.25) is 0 Å². The van der Waals surface area contributed by atoms with Crippen molar-refractivity contribution in [3.8, 4) is 5.75 Å². The summed E-state index contributed by atoms with van der Waals surface area (Å²) in [5, 5.41) is 0. The molecule has 0 saturated heterocycles. The maximum atomic E-state index is 11.6. The van der Waals surface area contributed by atoms with Crippen LogP contribution in [-0.4, -0.2) is 19.2 Å². The van der Waals surface area contributed by atoms with E-state index in [1.807, 2.05) is 24.3 Å². The van der Waals surface area contributed by atoms with Crippen LogP contribution >= 0.6 is 0 Å². The zero-order valence-electron chi connectivity index (χ0n) is 11.4. The Morgan fingerprint density at radius 3 is 2.72 bits per heavy atom. The molecular weight excluding hydrogens is 228 g/mol. The topological polar surface area (TPSA) is 35.5 Å². The van der Waals surface area contributed by atoms with E-state index in [0.717, 1.165) is 25.0 Å². The third-order valence-corrected chi connectivity index (χ3v) is 2.87. The Morgan fingerprint density at radius 2 is 2.11 bits per heavy atom. The van der Waals surface area contributed by atoms with Gasteiger partial charge in [-0.3, -0.25) is 0 Å². The zero-order valence-corrected chi connectivity index (χ0v) is 11.4. The first-order chi connectivity index (χ1) is 8.71. The number of carbonyl (C=O) groups is 1. The number of hydrogen-bond donors (Lipinski definition) is 0. The summed E-state index contributed by atoms with van der Waals surface area (Å²) in [4.78, 5) is 11.6. The summed E-state index contributed by atoms with van der Waals surface area (Å²) in [6.07, 6.45) is 3.13. The lowest BCUT2D eigenvalue weighted by atomic mass is 10.1. The van der Waals surface area contributed by atoms with E-state index in [-0.39, 0.29) is 5.97 Å². The largest absolute Gasteiger partial charge is 0.479 e. The number of esters is 1. The summed E-state index contributed by atoms with van der Waals surface area (Å²) < 4.78 is 10.5. The number of carbonyl (C=O) groups excluding carboxylic acids is 1. The van der Waals surface area contributed by atoms with Crippen molar-refractivity contribution in [1.82, 2.24) is 0 Å². The highest BCUT2D eigenvalue weighted by molar-refractivity contribution is 5.74. The fraction of sp³-hybridized carbons (Fsp3) is 0.533.